The van der Waals surface area contributed by atoms with Crippen LogP contribution in [0, 0.1) is 5.92 Å². The molecule has 19 heavy (non-hydrogen) atoms. The average Bonchev–Trinajstić information content (AvgIpc) is 2.35. The average molecular weight is 282 g/mol. The van der Waals surface area contributed by atoms with Gasteiger partial charge in [-0.25, -0.2) is 0 Å². The Bertz CT molecular complexity index is 422. The van der Waals surface area contributed by atoms with Crippen molar-refractivity contribution in [1.29, 1.82) is 0 Å². The lowest BCUT2D eigenvalue weighted by atomic mass is 10.2. The molecule has 1 aromatic carbocycles. The monoisotopic (exact) mass is 282 g/mol. The number of methoxy groups -OCH3 is 1. The zero-order valence-electron chi connectivity index (χ0n) is 11.7. The van der Waals surface area contributed by atoms with Gasteiger partial charge in [0.05, 0.1) is 12.8 Å². The van der Waals surface area contributed by atoms with E-state index in [2.05, 4.69) is 19.2 Å². The molecule has 3 N–H and O–H groups in total. The number of nitrogen functional groups attached to an aromatic ring is 1. The van der Waals surface area contributed by atoms with Gasteiger partial charge in [0, 0.05) is 17.9 Å². The summed E-state index contributed by atoms with van der Waals surface area (Å²) >= 11 is 1.80. The third-order valence-electron chi connectivity index (χ3n) is 2.42. The second kappa shape index (κ2) is 7.94. The lowest BCUT2D eigenvalue weighted by molar-refractivity contribution is -0.115. The largest absolute Gasteiger partial charge is 0.495 e. The van der Waals surface area contributed by atoms with Crippen molar-refractivity contribution in [2.75, 3.05) is 29.7 Å². The number of rotatable bonds is 7. The maximum Gasteiger partial charge on any atom is 0.225 e. The van der Waals surface area contributed by atoms with Crippen LogP contribution in [0.4, 0.5) is 11.4 Å². The number of amides is 1. The van der Waals surface area contributed by atoms with Gasteiger partial charge in [-0.1, -0.05) is 13.8 Å². The number of carbonyl (C=O) groups is 1. The van der Waals surface area contributed by atoms with Crippen LogP contribution in [0.25, 0.3) is 0 Å². The molecule has 0 aliphatic rings. The van der Waals surface area contributed by atoms with Crippen LogP contribution >= 0.6 is 11.8 Å². The highest BCUT2D eigenvalue weighted by molar-refractivity contribution is 7.99. The van der Waals surface area contributed by atoms with E-state index in [4.69, 9.17) is 10.5 Å². The number of hydrogen-bond donors (Lipinski definition) is 2. The molecule has 0 unspecified atom stereocenters. The second-order valence-corrected chi connectivity index (χ2v) is 5.88. The molecular weight excluding hydrogens is 260 g/mol. The Labute approximate surface area is 119 Å². The Morgan fingerprint density at radius 2 is 2.21 bits per heavy atom. The van der Waals surface area contributed by atoms with E-state index in [-0.39, 0.29) is 5.91 Å². The van der Waals surface area contributed by atoms with Gasteiger partial charge in [0.2, 0.25) is 5.91 Å². The van der Waals surface area contributed by atoms with Crippen molar-refractivity contribution in [2.24, 2.45) is 5.92 Å². The minimum atomic E-state index is -0.0137. The topological polar surface area (TPSA) is 64.3 Å². The molecule has 106 valence electrons. The van der Waals surface area contributed by atoms with E-state index in [9.17, 15) is 4.79 Å². The van der Waals surface area contributed by atoms with Crippen LogP contribution in [0.2, 0.25) is 0 Å². The molecule has 1 amide bonds. The summed E-state index contributed by atoms with van der Waals surface area (Å²) in [5, 5.41) is 2.83. The lowest BCUT2D eigenvalue weighted by Crippen LogP contribution is -2.13. The third kappa shape index (κ3) is 5.87. The van der Waals surface area contributed by atoms with Crippen LogP contribution in [-0.2, 0) is 4.79 Å². The number of carbonyl (C=O) groups excluding carboxylic acids is 1. The molecule has 0 aliphatic carbocycles. The van der Waals surface area contributed by atoms with Gasteiger partial charge in [0.15, 0.2) is 0 Å². The van der Waals surface area contributed by atoms with Gasteiger partial charge in [-0.15, -0.1) is 0 Å². The van der Waals surface area contributed by atoms with E-state index >= 15 is 0 Å². The molecule has 0 saturated heterocycles. The summed E-state index contributed by atoms with van der Waals surface area (Å²) in [6.45, 7) is 4.34. The van der Waals surface area contributed by atoms with E-state index < -0.39 is 0 Å². The maximum absolute atomic E-state index is 11.8. The standard InChI is InChI=1S/C14H22N2O2S/c1-10(2)9-19-7-6-14(17)16-12-8-11(15)4-5-13(12)18-3/h4-5,8,10H,6-7,9,15H2,1-3H3,(H,16,17). The molecule has 0 heterocycles. The quantitative estimate of drug-likeness (QED) is 0.596. The number of nitrogens with two attached hydrogens (primary N) is 1. The minimum Gasteiger partial charge on any atom is -0.495 e. The van der Waals surface area contributed by atoms with E-state index in [0.717, 1.165) is 11.5 Å². The molecule has 1 rings (SSSR count). The fourth-order valence-electron chi connectivity index (χ4n) is 1.52. The Morgan fingerprint density at radius 3 is 2.84 bits per heavy atom. The summed E-state index contributed by atoms with van der Waals surface area (Å²) in [7, 11) is 1.57. The van der Waals surface area contributed by atoms with Gasteiger partial charge in [-0.05, 0) is 29.9 Å². The van der Waals surface area contributed by atoms with E-state index in [1.54, 1.807) is 37.1 Å². The number of thioether (sulfide) groups is 1. The lowest BCUT2D eigenvalue weighted by Gasteiger charge is -2.11. The molecule has 0 fully saturated rings. The Kier molecular flexibility index (Phi) is 6.56. The zero-order valence-corrected chi connectivity index (χ0v) is 12.5. The normalized spacial score (nSPS) is 10.5. The second-order valence-electron chi connectivity index (χ2n) is 4.73. The van der Waals surface area contributed by atoms with Crippen molar-refractivity contribution >= 4 is 29.0 Å². The molecule has 0 spiro atoms. The number of nitrogens with one attached hydrogen (secondary N) is 1. The SMILES string of the molecule is COc1ccc(N)cc1NC(=O)CCSCC(C)C. The van der Waals surface area contributed by atoms with Crippen LogP contribution in [0.5, 0.6) is 5.75 Å². The molecule has 0 bridgehead atoms. The highest BCUT2D eigenvalue weighted by Gasteiger charge is 2.08. The van der Waals surface area contributed by atoms with Crippen molar-refractivity contribution in [2.45, 2.75) is 20.3 Å². The van der Waals surface area contributed by atoms with Crippen molar-refractivity contribution < 1.29 is 9.53 Å². The highest BCUT2D eigenvalue weighted by atomic mass is 32.2. The molecule has 0 saturated carbocycles. The summed E-state index contributed by atoms with van der Waals surface area (Å²) < 4.78 is 5.18. The predicted octanol–water partition coefficient (Wildman–Crippen LogP) is 3.00. The van der Waals surface area contributed by atoms with Gasteiger partial charge in [-0.3, -0.25) is 4.79 Å². The summed E-state index contributed by atoms with van der Waals surface area (Å²) in [6.07, 6.45) is 0.495. The summed E-state index contributed by atoms with van der Waals surface area (Å²) in [4.78, 5) is 11.8. The molecule has 0 aromatic heterocycles. The smallest absolute Gasteiger partial charge is 0.225 e. The first-order valence-corrected chi connectivity index (χ1v) is 7.49. The van der Waals surface area contributed by atoms with Crippen LogP contribution in [0.3, 0.4) is 0 Å². The highest BCUT2D eigenvalue weighted by Crippen LogP contribution is 2.26. The van der Waals surface area contributed by atoms with Gasteiger partial charge in [0.25, 0.3) is 0 Å². The van der Waals surface area contributed by atoms with Crippen LogP contribution < -0.4 is 15.8 Å². The van der Waals surface area contributed by atoms with Crippen molar-refractivity contribution in [3.8, 4) is 5.75 Å². The van der Waals surface area contributed by atoms with Crippen LogP contribution in [-0.4, -0.2) is 24.5 Å². The molecule has 0 aliphatic heterocycles. The number of hydrogen-bond acceptors (Lipinski definition) is 4. The zero-order chi connectivity index (χ0) is 14.3. The van der Waals surface area contributed by atoms with Gasteiger partial charge >= 0.3 is 0 Å². The Hall–Kier alpha value is -1.36. The predicted molar refractivity (Wildman–Crippen MR) is 82.8 cm³/mol. The molecular formula is C14H22N2O2S. The Balaban J connectivity index is 2.45. The van der Waals surface area contributed by atoms with Gasteiger partial charge < -0.3 is 15.8 Å². The molecule has 5 heteroatoms. The molecule has 0 radical (unpaired) electrons. The van der Waals surface area contributed by atoms with Gasteiger partial charge in [-0.2, -0.15) is 11.8 Å². The van der Waals surface area contributed by atoms with E-state index in [0.29, 0.717) is 29.5 Å². The fraction of sp³-hybridized carbons (Fsp3) is 0.500. The first-order chi connectivity index (χ1) is 9.02. The van der Waals surface area contributed by atoms with Crippen molar-refractivity contribution in [1.82, 2.24) is 0 Å². The van der Waals surface area contributed by atoms with E-state index in [1.165, 1.54) is 0 Å². The van der Waals surface area contributed by atoms with Crippen LogP contribution in [0.1, 0.15) is 20.3 Å². The summed E-state index contributed by atoms with van der Waals surface area (Å²) in [5.41, 5.74) is 6.93. The number of anilines is 2. The summed E-state index contributed by atoms with van der Waals surface area (Å²) in [6, 6.07) is 5.20. The van der Waals surface area contributed by atoms with Gasteiger partial charge in [0.1, 0.15) is 5.75 Å². The van der Waals surface area contributed by atoms with Crippen LogP contribution in [0.15, 0.2) is 18.2 Å². The fourth-order valence-corrected chi connectivity index (χ4v) is 2.49. The Morgan fingerprint density at radius 1 is 1.47 bits per heavy atom. The van der Waals surface area contributed by atoms with E-state index in [1.807, 2.05) is 0 Å². The van der Waals surface area contributed by atoms with Crippen molar-refractivity contribution in [3.05, 3.63) is 18.2 Å². The third-order valence-corrected chi connectivity index (χ3v) is 3.82. The minimum absolute atomic E-state index is 0.0137. The van der Waals surface area contributed by atoms with Crippen molar-refractivity contribution in [3.63, 3.8) is 0 Å². The number of benzene rings is 1. The molecule has 4 nitrogen and oxygen atoms in total. The first kappa shape index (κ1) is 15.7. The summed E-state index contributed by atoms with van der Waals surface area (Å²) in [5.74, 6) is 3.17. The number of ether oxygens (including phenoxy) is 1. The molecule has 1 aromatic rings. The first-order valence-electron chi connectivity index (χ1n) is 6.34. The maximum atomic E-state index is 11.8. The molecule has 0 atom stereocenters.